The number of hydrogen-bond acceptors (Lipinski definition) is 5. The van der Waals surface area contributed by atoms with Crippen molar-refractivity contribution >= 4 is 40.6 Å². The van der Waals surface area contributed by atoms with Crippen molar-refractivity contribution in [3.05, 3.63) is 37.7 Å². The second kappa shape index (κ2) is 6.75. The first-order valence-electron chi connectivity index (χ1n) is 8.30. The normalized spacial score (nSPS) is 19.8. The van der Waals surface area contributed by atoms with E-state index in [0.29, 0.717) is 17.8 Å². The van der Waals surface area contributed by atoms with Gasteiger partial charge in [0, 0.05) is 25.2 Å². The van der Waals surface area contributed by atoms with Gasteiger partial charge in [0.15, 0.2) is 0 Å². The zero-order valence-electron chi connectivity index (χ0n) is 14.2. The van der Waals surface area contributed by atoms with Crippen molar-refractivity contribution in [3.8, 4) is 0 Å². The third kappa shape index (κ3) is 2.76. The van der Waals surface area contributed by atoms with Crippen molar-refractivity contribution in [2.75, 3.05) is 30.9 Å². The Morgan fingerprint density at radius 1 is 1.31 bits per heavy atom. The highest BCUT2D eigenvalue weighted by Crippen LogP contribution is 2.41. The molecule has 0 radical (unpaired) electrons. The number of fused-ring (bicyclic) bond motifs is 1. The maximum absolute atomic E-state index is 14.8. The third-order valence-electron chi connectivity index (χ3n) is 5.10. The number of likely N-dealkylation sites (N-methyl/N-ethyl adjacent to an activating group) is 1. The number of nitrogens with zero attached hydrogens (tertiary/aromatic N) is 3. The van der Waals surface area contributed by atoms with Crippen LogP contribution in [-0.2, 0) is 0 Å². The number of halogens is 3. The summed E-state index contributed by atoms with van der Waals surface area (Å²) in [6.07, 6.45) is 2.48. The van der Waals surface area contributed by atoms with Gasteiger partial charge in [-0.3, -0.25) is 9.36 Å². The van der Waals surface area contributed by atoms with Crippen molar-refractivity contribution in [1.29, 1.82) is 0 Å². The van der Waals surface area contributed by atoms with Gasteiger partial charge in [0.1, 0.15) is 5.82 Å². The van der Waals surface area contributed by atoms with E-state index >= 15 is 0 Å². The van der Waals surface area contributed by atoms with Crippen molar-refractivity contribution in [2.24, 2.45) is 0 Å². The predicted molar refractivity (Wildman–Crippen MR) is 103 cm³/mol. The fourth-order valence-electron chi connectivity index (χ4n) is 3.59. The summed E-state index contributed by atoms with van der Waals surface area (Å²) in [7, 11) is 1.86. The van der Waals surface area contributed by atoms with Crippen LogP contribution >= 0.6 is 24.0 Å². The van der Waals surface area contributed by atoms with Crippen LogP contribution in [0.3, 0.4) is 0 Å². The molecule has 0 spiro atoms. The summed E-state index contributed by atoms with van der Waals surface area (Å²) < 4.78 is 16.8. The average Bonchev–Trinajstić information content (AvgIpc) is 3.31. The van der Waals surface area contributed by atoms with Crippen molar-refractivity contribution in [1.82, 2.24) is 14.6 Å². The van der Waals surface area contributed by atoms with Gasteiger partial charge in [-0.25, -0.2) is 9.18 Å². The van der Waals surface area contributed by atoms with Gasteiger partial charge in [0.2, 0.25) is 0 Å². The first kappa shape index (κ1) is 19.0. The summed E-state index contributed by atoms with van der Waals surface area (Å²) in [4.78, 5) is 26.7. The number of nitrogens with two attached hydrogens (primary N) is 1. The van der Waals surface area contributed by atoms with E-state index in [-0.39, 0.29) is 46.1 Å². The standard InChI is InChI=1S/C16H19ClFN5O2.ClH/c1-20-8-4-5-21(7-8)14-11(18)6-10-13(12(14)17)22(9-2-3-9)16(25)23(19)15(10)24;/h6,8-9,20H,2-5,7,19H2,1H3;1H/t8-;/m0./s1. The molecule has 10 heteroatoms. The van der Waals surface area contributed by atoms with Crippen LogP contribution in [0.5, 0.6) is 0 Å². The first-order valence-corrected chi connectivity index (χ1v) is 8.68. The van der Waals surface area contributed by atoms with Crippen LogP contribution in [0, 0.1) is 5.82 Å². The summed E-state index contributed by atoms with van der Waals surface area (Å²) in [5.41, 5.74) is -0.826. The lowest BCUT2D eigenvalue weighted by Crippen LogP contribution is -2.44. The van der Waals surface area contributed by atoms with Crippen LogP contribution in [0.4, 0.5) is 10.1 Å². The van der Waals surface area contributed by atoms with E-state index in [1.807, 2.05) is 11.9 Å². The lowest BCUT2D eigenvalue weighted by Gasteiger charge is -2.23. The largest absolute Gasteiger partial charge is 0.366 e. The number of rotatable bonds is 3. The highest BCUT2D eigenvalue weighted by atomic mass is 35.5. The Morgan fingerprint density at radius 2 is 2.00 bits per heavy atom. The van der Waals surface area contributed by atoms with Gasteiger partial charge >= 0.3 is 5.69 Å². The Hall–Kier alpha value is -1.77. The van der Waals surface area contributed by atoms with E-state index in [1.54, 1.807) is 0 Å². The van der Waals surface area contributed by atoms with Crippen LogP contribution in [-0.4, -0.2) is 35.4 Å². The van der Waals surface area contributed by atoms with Gasteiger partial charge in [-0.05, 0) is 32.4 Å². The van der Waals surface area contributed by atoms with E-state index in [1.165, 1.54) is 4.57 Å². The van der Waals surface area contributed by atoms with E-state index in [4.69, 9.17) is 17.4 Å². The molecule has 142 valence electrons. The SMILES string of the molecule is CN[C@H]1CCN(c2c(F)cc3c(=O)n(N)c(=O)n(C4CC4)c3c2Cl)C1.Cl. The molecule has 1 saturated carbocycles. The molecule has 1 atom stereocenters. The Bertz CT molecular complexity index is 985. The number of aromatic nitrogens is 2. The second-order valence-corrected chi connectivity index (χ2v) is 7.07. The average molecular weight is 404 g/mol. The number of nitrogens with one attached hydrogen (secondary N) is 1. The molecule has 1 saturated heterocycles. The molecule has 0 amide bonds. The van der Waals surface area contributed by atoms with Crippen molar-refractivity contribution in [3.63, 3.8) is 0 Å². The lowest BCUT2D eigenvalue weighted by molar-refractivity contribution is 0.608. The number of benzene rings is 1. The second-order valence-electron chi connectivity index (χ2n) is 6.70. The molecule has 7 nitrogen and oxygen atoms in total. The summed E-state index contributed by atoms with van der Waals surface area (Å²) in [6, 6.07) is 1.34. The molecule has 1 aromatic heterocycles. The topological polar surface area (TPSA) is 85.3 Å². The number of nitrogen functional groups attached to an aromatic ring is 1. The van der Waals surface area contributed by atoms with Crippen LogP contribution in [0.2, 0.25) is 5.02 Å². The molecule has 2 aromatic rings. The summed E-state index contributed by atoms with van der Waals surface area (Å²) in [5, 5.41) is 3.31. The molecule has 1 aliphatic carbocycles. The van der Waals surface area contributed by atoms with Crippen LogP contribution < -0.4 is 27.3 Å². The molecule has 0 unspecified atom stereocenters. The lowest BCUT2D eigenvalue weighted by atomic mass is 10.2. The maximum Gasteiger partial charge on any atom is 0.350 e. The molecule has 1 aliphatic heterocycles. The van der Waals surface area contributed by atoms with E-state index in [9.17, 15) is 14.0 Å². The maximum atomic E-state index is 14.8. The smallest absolute Gasteiger partial charge is 0.350 e. The Kier molecular flexibility index (Phi) is 4.94. The first-order chi connectivity index (χ1) is 11.9. The number of hydrogen-bond donors (Lipinski definition) is 2. The predicted octanol–water partition coefficient (Wildman–Crippen LogP) is 1.22. The number of anilines is 1. The van der Waals surface area contributed by atoms with Gasteiger partial charge in [0.25, 0.3) is 5.56 Å². The highest BCUT2D eigenvalue weighted by molar-refractivity contribution is 6.38. The van der Waals surface area contributed by atoms with Gasteiger partial charge in [0.05, 0.1) is 21.6 Å². The van der Waals surface area contributed by atoms with Crippen molar-refractivity contribution < 1.29 is 4.39 Å². The Balaban J connectivity index is 0.00000196. The van der Waals surface area contributed by atoms with Crippen LogP contribution in [0.1, 0.15) is 25.3 Å². The monoisotopic (exact) mass is 403 g/mol. The Labute approximate surface area is 159 Å². The molecule has 4 rings (SSSR count). The van der Waals surface area contributed by atoms with E-state index in [2.05, 4.69) is 5.32 Å². The van der Waals surface area contributed by atoms with Gasteiger partial charge in [-0.15, -0.1) is 12.4 Å². The minimum atomic E-state index is -0.737. The molecule has 26 heavy (non-hydrogen) atoms. The van der Waals surface area contributed by atoms with Gasteiger partial charge in [-0.2, -0.15) is 4.68 Å². The molecule has 0 bridgehead atoms. The zero-order valence-corrected chi connectivity index (χ0v) is 15.7. The fourth-order valence-corrected chi connectivity index (χ4v) is 3.99. The van der Waals surface area contributed by atoms with Crippen LogP contribution in [0.15, 0.2) is 15.7 Å². The van der Waals surface area contributed by atoms with Crippen molar-refractivity contribution in [2.45, 2.75) is 31.3 Å². The zero-order chi connectivity index (χ0) is 17.9. The summed E-state index contributed by atoms with van der Waals surface area (Å²) in [5.74, 6) is 5.02. The molecule has 1 aromatic carbocycles. The molecular weight excluding hydrogens is 384 g/mol. The molecule has 2 aliphatic rings. The fraction of sp³-hybridized carbons (Fsp3) is 0.500. The molecular formula is C16H20Cl2FN5O2. The summed E-state index contributed by atoms with van der Waals surface area (Å²) >= 11 is 6.54. The minimum absolute atomic E-state index is 0. The van der Waals surface area contributed by atoms with E-state index in [0.717, 1.165) is 25.3 Å². The van der Waals surface area contributed by atoms with Gasteiger partial charge in [-0.1, -0.05) is 11.6 Å². The molecule has 2 heterocycles. The van der Waals surface area contributed by atoms with E-state index < -0.39 is 17.1 Å². The molecule has 2 fully saturated rings. The van der Waals surface area contributed by atoms with Gasteiger partial charge < -0.3 is 16.1 Å². The quantitative estimate of drug-likeness (QED) is 0.752. The minimum Gasteiger partial charge on any atom is -0.366 e. The van der Waals surface area contributed by atoms with Crippen LogP contribution in [0.25, 0.3) is 10.9 Å². The highest BCUT2D eigenvalue weighted by Gasteiger charge is 2.32. The third-order valence-corrected chi connectivity index (χ3v) is 5.45. The Morgan fingerprint density at radius 3 is 2.58 bits per heavy atom. The molecule has 3 N–H and O–H groups in total. The summed E-state index contributed by atoms with van der Waals surface area (Å²) in [6.45, 7) is 1.26.